The quantitative estimate of drug-likeness (QED) is 0.658. The lowest BCUT2D eigenvalue weighted by Crippen LogP contribution is -2.45. The Hall–Kier alpha value is -3.45. The second-order valence-corrected chi connectivity index (χ2v) is 9.28. The molecule has 1 fully saturated rings. The summed E-state index contributed by atoms with van der Waals surface area (Å²) in [7, 11) is -4.13. The number of aryl methyl sites for hydroxylation is 1. The largest absolute Gasteiger partial charge is 0.324 e. The van der Waals surface area contributed by atoms with Crippen molar-refractivity contribution in [3.8, 4) is 11.1 Å². The van der Waals surface area contributed by atoms with Crippen molar-refractivity contribution in [2.75, 3.05) is 5.32 Å². The molecule has 158 valence electrons. The van der Waals surface area contributed by atoms with Crippen LogP contribution in [0.4, 0.5) is 5.69 Å². The number of carbonyl (C=O) groups excluding carboxylic acids is 2. The summed E-state index contributed by atoms with van der Waals surface area (Å²) in [5.74, 6) is -1.10. The molecule has 1 aliphatic heterocycles. The van der Waals surface area contributed by atoms with Crippen LogP contribution in [0, 0.1) is 6.92 Å². The molecule has 0 radical (unpaired) electrons. The number of amides is 2. The van der Waals surface area contributed by atoms with Crippen molar-refractivity contribution in [1.82, 2.24) is 4.31 Å². The van der Waals surface area contributed by atoms with Gasteiger partial charge in [0.1, 0.15) is 6.04 Å². The van der Waals surface area contributed by atoms with Crippen LogP contribution in [0.25, 0.3) is 11.1 Å². The van der Waals surface area contributed by atoms with Gasteiger partial charge in [0.2, 0.25) is 11.8 Å². The Labute approximate surface area is 181 Å². The van der Waals surface area contributed by atoms with E-state index in [1.165, 1.54) is 12.1 Å². The molecule has 0 bridgehead atoms. The average Bonchev–Trinajstić information content (AvgIpc) is 3.17. The summed E-state index contributed by atoms with van der Waals surface area (Å²) in [6.07, 6.45) is 0.146. The Morgan fingerprint density at radius 3 is 2.29 bits per heavy atom. The summed E-state index contributed by atoms with van der Waals surface area (Å²) >= 11 is 0. The van der Waals surface area contributed by atoms with Crippen LogP contribution in [-0.2, 0) is 19.6 Å². The zero-order chi connectivity index (χ0) is 22.0. The monoisotopic (exact) mass is 434 g/mol. The zero-order valence-corrected chi connectivity index (χ0v) is 17.8. The Balaban J connectivity index is 1.63. The molecular formula is C24H22N2O4S. The lowest BCUT2D eigenvalue weighted by Gasteiger charge is -2.24. The molecule has 0 spiro atoms. The molecule has 2 amide bonds. The highest BCUT2D eigenvalue weighted by atomic mass is 32.2. The molecule has 7 heteroatoms. The minimum absolute atomic E-state index is 0.00348. The minimum Gasteiger partial charge on any atom is -0.324 e. The second kappa shape index (κ2) is 8.35. The van der Waals surface area contributed by atoms with E-state index in [1.54, 1.807) is 24.3 Å². The summed E-state index contributed by atoms with van der Waals surface area (Å²) in [4.78, 5) is 25.6. The summed E-state index contributed by atoms with van der Waals surface area (Å²) in [6.45, 7) is 1.85. The first-order valence-corrected chi connectivity index (χ1v) is 11.4. The minimum atomic E-state index is -4.13. The average molecular weight is 435 g/mol. The van der Waals surface area contributed by atoms with Crippen LogP contribution in [0.3, 0.4) is 0 Å². The van der Waals surface area contributed by atoms with Gasteiger partial charge in [0.05, 0.1) is 4.90 Å². The third-order valence-electron chi connectivity index (χ3n) is 5.31. The number of nitrogens with one attached hydrogen (secondary N) is 1. The highest BCUT2D eigenvalue weighted by Gasteiger charge is 2.44. The number of hydrogen-bond acceptors (Lipinski definition) is 4. The number of benzene rings is 3. The molecule has 1 aliphatic rings. The van der Waals surface area contributed by atoms with E-state index in [0.717, 1.165) is 21.0 Å². The van der Waals surface area contributed by atoms with E-state index in [2.05, 4.69) is 5.32 Å². The van der Waals surface area contributed by atoms with Gasteiger partial charge in [0.25, 0.3) is 10.0 Å². The number of carbonyl (C=O) groups is 2. The van der Waals surface area contributed by atoms with Crippen molar-refractivity contribution in [1.29, 1.82) is 0 Å². The fourth-order valence-electron chi connectivity index (χ4n) is 3.70. The van der Waals surface area contributed by atoms with Crippen LogP contribution in [-0.4, -0.2) is 30.6 Å². The van der Waals surface area contributed by atoms with E-state index >= 15 is 0 Å². The molecule has 1 N–H and O–H groups in total. The van der Waals surface area contributed by atoms with Crippen LogP contribution in [0.15, 0.2) is 83.8 Å². The molecular weight excluding hydrogens is 412 g/mol. The van der Waals surface area contributed by atoms with E-state index in [1.807, 2.05) is 49.4 Å². The molecule has 4 rings (SSSR count). The number of hydrogen-bond donors (Lipinski definition) is 1. The highest BCUT2D eigenvalue weighted by Crippen LogP contribution is 2.31. The predicted molar refractivity (Wildman–Crippen MR) is 119 cm³/mol. The van der Waals surface area contributed by atoms with Gasteiger partial charge in [-0.25, -0.2) is 12.7 Å². The van der Waals surface area contributed by atoms with Crippen molar-refractivity contribution in [3.63, 3.8) is 0 Å². The van der Waals surface area contributed by atoms with Crippen molar-refractivity contribution in [3.05, 3.63) is 84.4 Å². The van der Waals surface area contributed by atoms with Crippen molar-refractivity contribution >= 4 is 27.5 Å². The molecule has 0 aromatic heterocycles. The van der Waals surface area contributed by atoms with Crippen molar-refractivity contribution < 1.29 is 18.0 Å². The fourth-order valence-corrected chi connectivity index (χ4v) is 5.30. The van der Waals surface area contributed by atoms with E-state index in [9.17, 15) is 18.0 Å². The Kier molecular flexibility index (Phi) is 5.61. The Morgan fingerprint density at radius 2 is 1.58 bits per heavy atom. The van der Waals surface area contributed by atoms with E-state index in [4.69, 9.17) is 0 Å². The zero-order valence-electron chi connectivity index (χ0n) is 17.0. The second-order valence-electron chi connectivity index (χ2n) is 7.46. The van der Waals surface area contributed by atoms with Crippen LogP contribution in [0.5, 0.6) is 0 Å². The lowest BCUT2D eigenvalue weighted by molar-refractivity contribution is -0.128. The van der Waals surface area contributed by atoms with Gasteiger partial charge in [0, 0.05) is 17.7 Å². The van der Waals surface area contributed by atoms with E-state index in [0.29, 0.717) is 5.69 Å². The molecule has 1 atom stereocenters. The van der Waals surface area contributed by atoms with Gasteiger partial charge in [0.15, 0.2) is 0 Å². The van der Waals surface area contributed by atoms with Gasteiger partial charge >= 0.3 is 0 Å². The van der Waals surface area contributed by atoms with Crippen LogP contribution in [0.2, 0.25) is 0 Å². The van der Waals surface area contributed by atoms with Crippen LogP contribution in [0.1, 0.15) is 18.4 Å². The normalized spacial score (nSPS) is 16.4. The maximum atomic E-state index is 13.1. The number of anilines is 1. The maximum Gasteiger partial charge on any atom is 0.267 e. The van der Waals surface area contributed by atoms with Gasteiger partial charge in [-0.1, -0.05) is 66.2 Å². The molecule has 6 nitrogen and oxygen atoms in total. The van der Waals surface area contributed by atoms with Crippen LogP contribution < -0.4 is 5.32 Å². The SMILES string of the molecule is Cc1ccc(S(=O)(=O)N2C(=O)CCC2C(=O)Nc2ccccc2-c2ccccc2)cc1. The molecule has 1 saturated heterocycles. The van der Waals surface area contributed by atoms with Crippen molar-refractivity contribution in [2.24, 2.45) is 0 Å². The molecule has 1 unspecified atom stereocenters. The number of sulfonamides is 1. The predicted octanol–water partition coefficient (Wildman–Crippen LogP) is 3.98. The first kappa shape index (κ1) is 20.8. The molecule has 3 aromatic carbocycles. The topological polar surface area (TPSA) is 83.6 Å². The number of rotatable bonds is 5. The molecule has 0 aliphatic carbocycles. The third kappa shape index (κ3) is 4.09. The van der Waals surface area contributed by atoms with Crippen LogP contribution >= 0.6 is 0 Å². The van der Waals surface area contributed by atoms with Crippen molar-refractivity contribution in [2.45, 2.75) is 30.7 Å². The smallest absolute Gasteiger partial charge is 0.267 e. The summed E-state index contributed by atoms with van der Waals surface area (Å²) in [6, 6.07) is 22.0. The van der Waals surface area contributed by atoms with Gasteiger partial charge in [-0.3, -0.25) is 9.59 Å². The summed E-state index contributed by atoms with van der Waals surface area (Å²) in [5.41, 5.74) is 3.20. The molecule has 3 aromatic rings. The molecule has 0 saturated carbocycles. The summed E-state index contributed by atoms with van der Waals surface area (Å²) in [5, 5.41) is 2.84. The number of nitrogens with zero attached hydrogens (tertiary/aromatic N) is 1. The van der Waals surface area contributed by atoms with E-state index < -0.39 is 27.9 Å². The van der Waals surface area contributed by atoms with Gasteiger partial charge in [-0.15, -0.1) is 0 Å². The fraction of sp³-hybridized carbons (Fsp3) is 0.167. The lowest BCUT2D eigenvalue weighted by atomic mass is 10.0. The van der Waals surface area contributed by atoms with E-state index in [-0.39, 0.29) is 17.7 Å². The Morgan fingerprint density at radius 1 is 0.935 bits per heavy atom. The number of para-hydroxylation sites is 1. The van der Waals surface area contributed by atoms with Gasteiger partial charge in [-0.05, 0) is 37.1 Å². The molecule has 1 heterocycles. The standard InChI is InChI=1S/C24H22N2O4S/c1-17-11-13-19(14-12-17)31(29,30)26-22(15-16-23(26)27)24(28)25-21-10-6-5-9-20(21)18-7-3-2-4-8-18/h2-14,22H,15-16H2,1H3,(H,25,28). The maximum absolute atomic E-state index is 13.1. The van der Waals surface area contributed by atoms with Gasteiger partial charge in [-0.2, -0.15) is 0 Å². The third-order valence-corrected chi connectivity index (χ3v) is 7.15. The molecule has 31 heavy (non-hydrogen) atoms. The van der Waals surface area contributed by atoms with Gasteiger partial charge < -0.3 is 5.32 Å². The first-order valence-electron chi connectivity index (χ1n) is 9.97. The Bertz CT molecular complexity index is 1220. The summed E-state index contributed by atoms with van der Waals surface area (Å²) < 4.78 is 27.0. The first-order chi connectivity index (χ1) is 14.9. The highest BCUT2D eigenvalue weighted by molar-refractivity contribution is 7.89.